The fraction of sp³-hybridized carbons (Fsp3) is 0.312. The first-order chi connectivity index (χ1) is 9.25. The zero-order valence-corrected chi connectivity index (χ0v) is 12.3. The molecule has 100 valence electrons. The number of rotatable bonds is 6. The summed E-state index contributed by atoms with van der Waals surface area (Å²) in [5, 5.41) is 4.56. The van der Waals surface area contributed by atoms with Crippen molar-refractivity contribution in [1.82, 2.24) is 10.3 Å². The summed E-state index contributed by atoms with van der Waals surface area (Å²) >= 11 is 1.72. The zero-order chi connectivity index (χ0) is 13.5. The van der Waals surface area contributed by atoms with E-state index in [0.29, 0.717) is 5.92 Å². The number of nitrogens with one attached hydrogen (secondary N) is 1. The molecule has 1 aromatic heterocycles. The van der Waals surface area contributed by atoms with Crippen molar-refractivity contribution >= 4 is 11.8 Å². The van der Waals surface area contributed by atoms with Crippen LogP contribution in [0.25, 0.3) is 0 Å². The van der Waals surface area contributed by atoms with Gasteiger partial charge < -0.3 is 5.32 Å². The average Bonchev–Trinajstić information content (AvgIpc) is 2.41. The smallest absolute Gasteiger partial charge is 0.105 e. The highest BCUT2D eigenvalue weighted by molar-refractivity contribution is 7.99. The van der Waals surface area contributed by atoms with E-state index < -0.39 is 0 Å². The lowest BCUT2D eigenvalue weighted by Gasteiger charge is -2.10. The van der Waals surface area contributed by atoms with E-state index in [1.807, 2.05) is 18.3 Å². The Morgan fingerprint density at radius 3 is 2.63 bits per heavy atom. The van der Waals surface area contributed by atoms with E-state index in [1.165, 1.54) is 10.5 Å². The van der Waals surface area contributed by atoms with Crippen LogP contribution in [-0.4, -0.2) is 11.5 Å². The topological polar surface area (TPSA) is 24.9 Å². The third kappa shape index (κ3) is 4.69. The van der Waals surface area contributed by atoms with Crippen LogP contribution in [-0.2, 0) is 6.54 Å². The molecule has 19 heavy (non-hydrogen) atoms. The maximum Gasteiger partial charge on any atom is 0.105 e. The summed E-state index contributed by atoms with van der Waals surface area (Å²) in [6.45, 7) is 6.34. The molecule has 2 rings (SSSR count). The molecule has 0 radical (unpaired) electrons. The minimum Gasteiger partial charge on any atom is -0.312 e. The summed E-state index contributed by atoms with van der Waals surface area (Å²) in [5.41, 5.74) is 1.26. The van der Waals surface area contributed by atoms with E-state index in [1.54, 1.807) is 11.8 Å². The van der Waals surface area contributed by atoms with Crippen LogP contribution in [0.3, 0.4) is 0 Å². The van der Waals surface area contributed by atoms with Crippen LogP contribution in [0.2, 0.25) is 0 Å². The third-order valence-electron chi connectivity index (χ3n) is 2.68. The molecule has 0 aliphatic rings. The van der Waals surface area contributed by atoms with E-state index >= 15 is 0 Å². The highest BCUT2D eigenvalue weighted by Crippen LogP contribution is 2.28. The van der Waals surface area contributed by atoms with Crippen molar-refractivity contribution in [3.05, 3.63) is 54.2 Å². The minimum atomic E-state index is 0.668. The summed E-state index contributed by atoms with van der Waals surface area (Å²) in [4.78, 5) is 5.72. The normalized spacial score (nSPS) is 10.9. The fourth-order valence-electron chi connectivity index (χ4n) is 1.75. The Kier molecular flexibility index (Phi) is 5.43. The molecule has 0 spiro atoms. The summed E-state index contributed by atoms with van der Waals surface area (Å²) in [6.07, 6.45) is 1.86. The lowest BCUT2D eigenvalue weighted by atomic mass is 10.2. The third-order valence-corrected chi connectivity index (χ3v) is 3.74. The highest BCUT2D eigenvalue weighted by atomic mass is 32.2. The van der Waals surface area contributed by atoms with Crippen LogP contribution in [0.4, 0.5) is 0 Å². The molecule has 0 unspecified atom stereocenters. The summed E-state index contributed by atoms with van der Waals surface area (Å²) < 4.78 is 0. The molecular formula is C16H20N2S. The second kappa shape index (κ2) is 7.31. The maximum atomic E-state index is 4.49. The van der Waals surface area contributed by atoms with Crippen LogP contribution in [0.1, 0.15) is 19.4 Å². The van der Waals surface area contributed by atoms with E-state index in [4.69, 9.17) is 0 Å². The molecule has 0 amide bonds. The Morgan fingerprint density at radius 1 is 1.11 bits per heavy atom. The molecule has 1 heterocycles. The number of aromatic nitrogens is 1. The first-order valence-corrected chi connectivity index (χ1v) is 7.45. The van der Waals surface area contributed by atoms with Crippen molar-refractivity contribution in [3.63, 3.8) is 0 Å². The van der Waals surface area contributed by atoms with E-state index in [-0.39, 0.29) is 0 Å². The number of nitrogens with zero attached hydrogens (tertiary/aromatic N) is 1. The molecule has 1 aromatic carbocycles. The molecule has 0 aliphatic heterocycles. The van der Waals surface area contributed by atoms with Crippen LogP contribution in [0.15, 0.2) is 58.6 Å². The number of benzene rings is 1. The lowest BCUT2D eigenvalue weighted by molar-refractivity contribution is 0.549. The monoisotopic (exact) mass is 272 g/mol. The Labute approximate surface area is 119 Å². The summed E-state index contributed by atoms with van der Waals surface area (Å²) in [7, 11) is 0. The molecule has 1 N–H and O–H groups in total. The van der Waals surface area contributed by atoms with Gasteiger partial charge in [-0.15, -0.1) is 0 Å². The van der Waals surface area contributed by atoms with Gasteiger partial charge in [0.2, 0.25) is 0 Å². The lowest BCUT2D eigenvalue weighted by Crippen LogP contribution is -2.19. The predicted octanol–water partition coefficient (Wildman–Crippen LogP) is 3.98. The van der Waals surface area contributed by atoms with Crippen molar-refractivity contribution in [1.29, 1.82) is 0 Å². The molecular weight excluding hydrogens is 252 g/mol. The Morgan fingerprint density at radius 2 is 1.89 bits per heavy atom. The second-order valence-electron chi connectivity index (χ2n) is 4.91. The van der Waals surface area contributed by atoms with Crippen LogP contribution in [0.5, 0.6) is 0 Å². The predicted molar refractivity (Wildman–Crippen MR) is 81.3 cm³/mol. The molecule has 0 saturated heterocycles. The molecule has 2 aromatic rings. The Bertz CT molecular complexity index is 497. The standard InChI is InChI=1S/C16H20N2S/c1-13(2)11-17-12-14-7-6-10-18-16(14)19-15-8-4-3-5-9-15/h3-10,13,17H,11-12H2,1-2H3. The van der Waals surface area contributed by atoms with Gasteiger partial charge in [0.15, 0.2) is 0 Å². The van der Waals surface area contributed by atoms with Crippen molar-refractivity contribution < 1.29 is 0 Å². The second-order valence-corrected chi connectivity index (χ2v) is 5.97. The zero-order valence-electron chi connectivity index (χ0n) is 11.5. The molecule has 0 saturated carbocycles. The largest absolute Gasteiger partial charge is 0.312 e. The SMILES string of the molecule is CC(C)CNCc1cccnc1Sc1ccccc1. The Hall–Kier alpha value is -1.32. The van der Waals surface area contributed by atoms with Gasteiger partial charge in [0, 0.05) is 17.6 Å². The van der Waals surface area contributed by atoms with Gasteiger partial charge in [0.25, 0.3) is 0 Å². The minimum absolute atomic E-state index is 0.668. The summed E-state index contributed by atoms with van der Waals surface area (Å²) in [6, 6.07) is 14.5. The van der Waals surface area contributed by atoms with Crippen LogP contribution in [0, 0.1) is 5.92 Å². The van der Waals surface area contributed by atoms with E-state index in [2.05, 4.69) is 54.5 Å². The first-order valence-electron chi connectivity index (χ1n) is 6.63. The maximum absolute atomic E-state index is 4.49. The van der Waals surface area contributed by atoms with Crippen molar-refractivity contribution in [2.24, 2.45) is 5.92 Å². The van der Waals surface area contributed by atoms with Crippen molar-refractivity contribution in [2.75, 3.05) is 6.54 Å². The van der Waals surface area contributed by atoms with Gasteiger partial charge >= 0.3 is 0 Å². The van der Waals surface area contributed by atoms with Crippen molar-refractivity contribution in [3.8, 4) is 0 Å². The van der Waals surface area contributed by atoms with Gasteiger partial charge in [-0.2, -0.15) is 0 Å². The van der Waals surface area contributed by atoms with Gasteiger partial charge in [-0.3, -0.25) is 0 Å². The Balaban J connectivity index is 2.04. The highest BCUT2D eigenvalue weighted by Gasteiger charge is 2.05. The van der Waals surface area contributed by atoms with Gasteiger partial charge in [-0.05, 0) is 36.2 Å². The average molecular weight is 272 g/mol. The van der Waals surface area contributed by atoms with Gasteiger partial charge in [-0.25, -0.2) is 4.98 Å². The molecule has 0 aliphatic carbocycles. The van der Waals surface area contributed by atoms with E-state index in [9.17, 15) is 0 Å². The number of hydrogen-bond acceptors (Lipinski definition) is 3. The van der Waals surface area contributed by atoms with Gasteiger partial charge in [0.05, 0.1) is 0 Å². The molecule has 0 bridgehead atoms. The van der Waals surface area contributed by atoms with Gasteiger partial charge in [0.1, 0.15) is 5.03 Å². The fourth-order valence-corrected chi connectivity index (χ4v) is 2.65. The summed E-state index contributed by atoms with van der Waals surface area (Å²) in [5.74, 6) is 0.668. The quantitative estimate of drug-likeness (QED) is 0.861. The number of hydrogen-bond donors (Lipinski definition) is 1. The van der Waals surface area contributed by atoms with Gasteiger partial charge in [-0.1, -0.05) is 49.9 Å². The van der Waals surface area contributed by atoms with Crippen molar-refractivity contribution in [2.45, 2.75) is 30.3 Å². The van der Waals surface area contributed by atoms with Crippen LogP contribution < -0.4 is 5.32 Å². The van der Waals surface area contributed by atoms with Crippen LogP contribution >= 0.6 is 11.8 Å². The molecule has 2 nitrogen and oxygen atoms in total. The molecule has 0 atom stereocenters. The van der Waals surface area contributed by atoms with E-state index in [0.717, 1.165) is 18.1 Å². The first kappa shape index (κ1) is 14.1. The molecule has 3 heteroatoms. The number of pyridine rings is 1. The molecule has 0 fully saturated rings.